The molecule has 1 rings (SSSR count). The van der Waals surface area contributed by atoms with Crippen molar-refractivity contribution < 1.29 is 4.79 Å². The van der Waals surface area contributed by atoms with E-state index < -0.39 is 0 Å². The molecule has 0 aliphatic heterocycles. The lowest BCUT2D eigenvalue weighted by atomic mass is 9.96. The molecule has 0 fully saturated rings. The number of nitrogens with zero attached hydrogens (tertiary/aromatic N) is 2. The van der Waals surface area contributed by atoms with E-state index in [1.165, 1.54) is 5.56 Å². The van der Waals surface area contributed by atoms with Crippen LogP contribution in [-0.4, -0.2) is 44.0 Å². The standard InChI is InChI=1S/C17H27BrN4O.HI/c1-17(2,3)15(23)20-10-11-21-16(19-4)22(5)12-13-6-8-14(18)9-7-13;/h6-9H,10-12H2,1-5H3,(H,19,21)(H,20,23);1H. The molecule has 0 radical (unpaired) electrons. The number of hydrogen-bond donors (Lipinski definition) is 2. The molecular weight excluding hydrogens is 483 g/mol. The molecule has 7 heteroatoms. The second kappa shape index (κ2) is 10.9. The molecule has 0 saturated carbocycles. The minimum atomic E-state index is -0.361. The van der Waals surface area contributed by atoms with Crippen LogP contribution in [-0.2, 0) is 11.3 Å². The maximum Gasteiger partial charge on any atom is 0.225 e. The first kappa shape index (κ1) is 23.2. The maximum atomic E-state index is 11.8. The number of rotatable bonds is 5. The molecule has 0 aromatic heterocycles. The Hall–Kier alpha value is -0.830. The minimum Gasteiger partial charge on any atom is -0.354 e. The van der Waals surface area contributed by atoms with Gasteiger partial charge in [-0.05, 0) is 17.7 Å². The highest BCUT2D eigenvalue weighted by Crippen LogP contribution is 2.12. The number of guanidine groups is 1. The van der Waals surface area contributed by atoms with Crippen LogP contribution in [0.5, 0.6) is 0 Å². The fourth-order valence-corrected chi connectivity index (χ4v) is 2.20. The lowest BCUT2D eigenvalue weighted by Gasteiger charge is -2.23. The summed E-state index contributed by atoms with van der Waals surface area (Å²) in [6, 6.07) is 8.22. The van der Waals surface area contributed by atoms with E-state index in [0.29, 0.717) is 13.1 Å². The molecule has 0 unspecified atom stereocenters. The van der Waals surface area contributed by atoms with Crippen LogP contribution in [0.15, 0.2) is 33.7 Å². The Morgan fingerprint density at radius 2 is 1.71 bits per heavy atom. The molecule has 2 N–H and O–H groups in total. The quantitative estimate of drug-likeness (QED) is 0.277. The molecule has 0 aliphatic carbocycles. The second-order valence-corrected chi connectivity index (χ2v) is 7.38. The molecule has 136 valence electrons. The number of carbonyl (C=O) groups excluding carboxylic acids is 1. The topological polar surface area (TPSA) is 56.7 Å². The van der Waals surface area contributed by atoms with Crippen LogP contribution < -0.4 is 10.6 Å². The van der Waals surface area contributed by atoms with Crippen molar-refractivity contribution >= 4 is 51.8 Å². The number of hydrogen-bond acceptors (Lipinski definition) is 2. The van der Waals surface area contributed by atoms with Gasteiger partial charge in [0, 0.05) is 43.6 Å². The summed E-state index contributed by atoms with van der Waals surface area (Å²) in [7, 11) is 3.75. The molecule has 0 heterocycles. The monoisotopic (exact) mass is 510 g/mol. The van der Waals surface area contributed by atoms with Crippen molar-refractivity contribution in [1.82, 2.24) is 15.5 Å². The molecule has 5 nitrogen and oxygen atoms in total. The van der Waals surface area contributed by atoms with Crippen LogP contribution in [0.25, 0.3) is 0 Å². The summed E-state index contributed by atoms with van der Waals surface area (Å²) in [6.45, 7) is 7.68. The highest BCUT2D eigenvalue weighted by Gasteiger charge is 2.20. The van der Waals surface area contributed by atoms with Crippen LogP contribution in [0.3, 0.4) is 0 Å². The third-order valence-corrected chi connectivity index (χ3v) is 3.81. The molecule has 0 atom stereocenters. The van der Waals surface area contributed by atoms with Crippen molar-refractivity contribution in [2.45, 2.75) is 27.3 Å². The summed E-state index contributed by atoms with van der Waals surface area (Å²) in [5.74, 6) is 0.857. The summed E-state index contributed by atoms with van der Waals surface area (Å²) in [5, 5.41) is 6.18. The Bertz CT molecular complexity index is 541. The van der Waals surface area contributed by atoms with E-state index in [-0.39, 0.29) is 35.3 Å². The van der Waals surface area contributed by atoms with Gasteiger partial charge in [-0.25, -0.2) is 0 Å². The Kier molecular flexibility index (Phi) is 10.5. The molecule has 1 amide bonds. The fourth-order valence-electron chi connectivity index (χ4n) is 1.94. The van der Waals surface area contributed by atoms with Crippen molar-refractivity contribution in [1.29, 1.82) is 0 Å². The van der Waals surface area contributed by atoms with Crippen LogP contribution in [0, 0.1) is 5.41 Å². The highest BCUT2D eigenvalue weighted by atomic mass is 127. The summed E-state index contributed by atoms with van der Waals surface area (Å²) < 4.78 is 1.07. The molecule has 0 saturated heterocycles. The molecule has 1 aromatic carbocycles. The first-order valence-electron chi connectivity index (χ1n) is 7.68. The third-order valence-electron chi connectivity index (χ3n) is 3.28. The van der Waals surface area contributed by atoms with Crippen LogP contribution >= 0.6 is 39.9 Å². The average Bonchev–Trinajstić information content (AvgIpc) is 2.48. The highest BCUT2D eigenvalue weighted by molar-refractivity contribution is 14.0. The van der Waals surface area contributed by atoms with Crippen molar-refractivity contribution in [2.24, 2.45) is 10.4 Å². The van der Waals surface area contributed by atoms with Gasteiger partial charge in [-0.1, -0.05) is 48.8 Å². The Morgan fingerprint density at radius 3 is 2.21 bits per heavy atom. The van der Waals surface area contributed by atoms with Crippen molar-refractivity contribution in [3.05, 3.63) is 34.3 Å². The lowest BCUT2D eigenvalue weighted by molar-refractivity contribution is -0.128. The van der Waals surface area contributed by atoms with E-state index in [4.69, 9.17) is 0 Å². The second-order valence-electron chi connectivity index (χ2n) is 6.46. The Morgan fingerprint density at radius 1 is 1.17 bits per heavy atom. The summed E-state index contributed by atoms with van der Waals surface area (Å²) in [5.41, 5.74) is 0.847. The number of aliphatic imine (C=N–C) groups is 1. The van der Waals surface area contributed by atoms with Crippen molar-refractivity contribution in [3.8, 4) is 0 Å². The predicted octanol–water partition coefficient (Wildman–Crippen LogP) is 3.24. The molecule has 0 spiro atoms. The van der Waals surface area contributed by atoms with E-state index in [0.717, 1.165) is 17.0 Å². The fraction of sp³-hybridized carbons (Fsp3) is 0.529. The first-order chi connectivity index (χ1) is 10.7. The number of amides is 1. The van der Waals surface area contributed by atoms with Crippen molar-refractivity contribution in [3.63, 3.8) is 0 Å². The largest absolute Gasteiger partial charge is 0.354 e. The van der Waals surface area contributed by atoms with Gasteiger partial charge in [-0.2, -0.15) is 0 Å². The smallest absolute Gasteiger partial charge is 0.225 e. The molecule has 1 aromatic rings. The first-order valence-corrected chi connectivity index (χ1v) is 8.48. The van der Waals surface area contributed by atoms with Gasteiger partial charge in [-0.3, -0.25) is 9.79 Å². The predicted molar refractivity (Wildman–Crippen MR) is 115 cm³/mol. The van der Waals surface area contributed by atoms with Gasteiger partial charge in [0.25, 0.3) is 0 Å². The van der Waals surface area contributed by atoms with E-state index in [1.807, 2.05) is 40.0 Å². The van der Waals surface area contributed by atoms with Crippen LogP contribution in [0.4, 0.5) is 0 Å². The number of nitrogens with one attached hydrogen (secondary N) is 2. The molecule has 0 bridgehead atoms. The lowest BCUT2D eigenvalue weighted by Crippen LogP contribution is -2.43. The van der Waals surface area contributed by atoms with Crippen molar-refractivity contribution in [2.75, 3.05) is 27.2 Å². The summed E-state index contributed by atoms with van der Waals surface area (Å²) >= 11 is 3.44. The summed E-state index contributed by atoms with van der Waals surface area (Å²) in [4.78, 5) is 18.1. The zero-order valence-corrected chi connectivity index (χ0v) is 18.9. The van der Waals surface area contributed by atoms with E-state index in [9.17, 15) is 4.79 Å². The van der Waals surface area contributed by atoms with Gasteiger partial charge in [0.1, 0.15) is 0 Å². The zero-order chi connectivity index (χ0) is 17.5. The number of halogens is 2. The SMILES string of the molecule is CN=C(NCCNC(=O)C(C)(C)C)N(C)Cc1ccc(Br)cc1.I. The zero-order valence-electron chi connectivity index (χ0n) is 15.0. The molecule has 0 aliphatic rings. The maximum absolute atomic E-state index is 11.8. The normalized spacial score (nSPS) is 11.5. The van der Waals surface area contributed by atoms with E-state index >= 15 is 0 Å². The van der Waals surface area contributed by atoms with E-state index in [2.05, 4.69) is 48.6 Å². The van der Waals surface area contributed by atoms with Crippen LogP contribution in [0.2, 0.25) is 0 Å². The van der Waals surface area contributed by atoms with Gasteiger partial charge < -0.3 is 15.5 Å². The van der Waals surface area contributed by atoms with E-state index in [1.54, 1.807) is 7.05 Å². The van der Waals surface area contributed by atoms with Gasteiger partial charge in [0.05, 0.1) is 0 Å². The average molecular weight is 511 g/mol. The number of carbonyl (C=O) groups is 1. The Labute approximate surface area is 170 Å². The minimum absolute atomic E-state index is 0. The van der Waals surface area contributed by atoms with Gasteiger partial charge in [0.15, 0.2) is 5.96 Å². The van der Waals surface area contributed by atoms with Gasteiger partial charge in [-0.15, -0.1) is 24.0 Å². The molecular formula is C17H28BrIN4O. The number of benzene rings is 1. The van der Waals surface area contributed by atoms with Crippen LogP contribution in [0.1, 0.15) is 26.3 Å². The third kappa shape index (κ3) is 8.32. The Balaban J connectivity index is 0.00000529. The summed E-state index contributed by atoms with van der Waals surface area (Å²) in [6.07, 6.45) is 0. The van der Waals surface area contributed by atoms with Gasteiger partial charge in [0.2, 0.25) is 5.91 Å². The molecule has 24 heavy (non-hydrogen) atoms. The van der Waals surface area contributed by atoms with Gasteiger partial charge >= 0.3 is 0 Å².